The van der Waals surface area contributed by atoms with E-state index in [1.54, 1.807) is 6.92 Å². The Kier molecular flexibility index (Phi) is 4.01. The Morgan fingerprint density at radius 2 is 2.00 bits per heavy atom. The third kappa shape index (κ3) is 2.30. The maximum absolute atomic E-state index is 13.5. The van der Waals surface area contributed by atoms with Crippen molar-refractivity contribution in [1.82, 2.24) is 0 Å². The van der Waals surface area contributed by atoms with Gasteiger partial charge in [-0.25, -0.2) is 8.78 Å². The van der Waals surface area contributed by atoms with Gasteiger partial charge in [0.1, 0.15) is 11.6 Å². The molecular formula is C10H12BrF2N. The van der Waals surface area contributed by atoms with Gasteiger partial charge in [-0.1, -0.05) is 0 Å². The predicted octanol–water partition coefficient (Wildman–Crippen LogP) is 2.93. The minimum Gasteiger partial charge on any atom is -0.330 e. The van der Waals surface area contributed by atoms with Gasteiger partial charge in [-0.15, -0.1) is 0 Å². The van der Waals surface area contributed by atoms with Gasteiger partial charge in [0.15, 0.2) is 0 Å². The van der Waals surface area contributed by atoms with Gasteiger partial charge in [0.2, 0.25) is 0 Å². The number of hydrogen-bond donors (Lipinski definition) is 1. The molecule has 0 saturated heterocycles. The molecular weight excluding hydrogens is 252 g/mol. The standard InChI is InChI=1S/C10H12BrF2N/c1-6-5-8(11)10(13)7(9(6)12)3-2-4-14/h5H,2-4,14H2,1H3. The minimum atomic E-state index is -0.512. The van der Waals surface area contributed by atoms with Crippen LogP contribution in [0, 0.1) is 18.6 Å². The average molecular weight is 264 g/mol. The third-order valence-corrected chi connectivity index (χ3v) is 2.64. The Bertz CT molecular complexity index is 313. The first-order valence-corrected chi connectivity index (χ1v) is 5.20. The zero-order valence-corrected chi connectivity index (χ0v) is 9.50. The van der Waals surface area contributed by atoms with E-state index in [0.29, 0.717) is 29.4 Å². The van der Waals surface area contributed by atoms with Gasteiger partial charge in [-0.05, 0) is 53.9 Å². The summed E-state index contributed by atoms with van der Waals surface area (Å²) in [5, 5.41) is 0. The second-order valence-electron chi connectivity index (χ2n) is 3.17. The average Bonchev–Trinajstić information content (AvgIpc) is 2.15. The van der Waals surface area contributed by atoms with Gasteiger partial charge in [-0.2, -0.15) is 0 Å². The van der Waals surface area contributed by atoms with E-state index in [-0.39, 0.29) is 5.56 Å². The molecule has 1 rings (SSSR count). The first-order valence-electron chi connectivity index (χ1n) is 4.41. The second kappa shape index (κ2) is 4.84. The molecule has 0 bridgehead atoms. The highest BCUT2D eigenvalue weighted by molar-refractivity contribution is 9.10. The fourth-order valence-corrected chi connectivity index (χ4v) is 1.88. The van der Waals surface area contributed by atoms with Gasteiger partial charge in [0.05, 0.1) is 4.47 Å². The summed E-state index contributed by atoms with van der Waals surface area (Å²) in [7, 11) is 0. The molecule has 0 fully saturated rings. The fraction of sp³-hybridized carbons (Fsp3) is 0.400. The summed E-state index contributed by atoms with van der Waals surface area (Å²) in [5.41, 5.74) is 5.87. The van der Waals surface area contributed by atoms with E-state index in [4.69, 9.17) is 5.73 Å². The first kappa shape index (κ1) is 11.6. The molecule has 0 amide bonds. The van der Waals surface area contributed by atoms with Gasteiger partial charge < -0.3 is 5.73 Å². The van der Waals surface area contributed by atoms with Gasteiger partial charge in [0.25, 0.3) is 0 Å². The molecule has 14 heavy (non-hydrogen) atoms. The van der Waals surface area contributed by atoms with E-state index in [0.717, 1.165) is 0 Å². The number of halogens is 3. The summed E-state index contributed by atoms with van der Waals surface area (Å²) < 4.78 is 27.2. The molecule has 0 heterocycles. The van der Waals surface area contributed by atoms with Crippen LogP contribution in [0.4, 0.5) is 8.78 Å². The lowest BCUT2D eigenvalue weighted by Gasteiger charge is -2.08. The monoisotopic (exact) mass is 263 g/mol. The van der Waals surface area contributed by atoms with Crippen molar-refractivity contribution in [3.05, 3.63) is 33.3 Å². The van der Waals surface area contributed by atoms with Crippen molar-refractivity contribution in [2.75, 3.05) is 6.54 Å². The summed E-state index contributed by atoms with van der Waals surface area (Å²) in [6, 6.07) is 1.44. The summed E-state index contributed by atoms with van der Waals surface area (Å²) in [6.07, 6.45) is 0.929. The van der Waals surface area contributed by atoms with E-state index < -0.39 is 11.6 Å². The minimum absolute atomic E-state index is 0.127. The van der Waals surface area contributed by atoms with Crippen molar-refractivity contribution in [2.24, 2.45) is 5.73 Å². The highest BCUT2D eigenvalue weighted by atomic mass is 79.9. The highest BCUT2D eigenvalue weighted by Gasteiger charge is 2.14. The Balaban J connectivity index is 3.11. The number of aryl methyl sites for hydroxylation is 1. The van der Waals surface area contributed by atoms with Crippen molar-refractivity contribution >= 4 is 15.9 Å². The van der Waals surface area contributed by atoms with Crippen LogP contribution in [0.5, 0.6) is 0 Å². The SMILES string of the molecule is Cc1cc(Br)c(F)c(CCCN)c1F. The number of hydrogen-bond acceptors (Lipinski definition) is 1. The molecule has 78 valence electrons. The van der Waals surface area contributed by atoms with Crippen LogP contribution in [0.1, 0.15) is 17.5 Å². The van der Waals surface area contributed by atoms with E-state index in [9.17, 15) is 8.78 Å². The van der Waals surface area contributed by atoms with Crippen LogP contribution in [0.2, 0.25) is 0 Å². The topological polar surface area (TPSA) is 26.0 Å². The zero-order chi connectivity index (χ0) is 10.7. The second-order valence-corrected chi connectivity index (χ2v) is 4.03. The van der Waals surface area contributed by atoms with Gasteiger partial charge >= 0.3 is 0 Å². The first-order chi connectivity index (χ1) is 6.57. The molecule has 0 radical (unpaired) electrons. The summed E-state index contributed by atoms with van der Waals surface area (Å²) in [6.45, 7) is 2.05. The summed E-state index contributed by atoms with van der Waals surface area (Å²) in [5.74, 6) is -0.972. The molecule has 1 aromatic carbocycles. The van der Waals surface area contributed by atoms with Crippen molar-refractivity contribution in [2.45, 2.75) is 19.8 Å². The van der Waals surface area contributed by atoms with E-state index in [1.165, 1.54) is 6.07 Å². The molecule has 0 aliphatic carbocycles. The Hall–Kier alpha value is -0.480. The molecule has 0 aromatic heterocycles. The lowest BCUT2D eigenvalue weighted by Crippen LogP contribution is -2.05. The van der Waals surface area contributed by atoms with Crippen LogP contribution in [-0.4, -0.2) is 6.54 Å². The summed E-state index contributed by atoms with van der Waals surface area (Å²) >= 11 is 3.05. The molecule has 0 saturated carbocycles. The molecule has 1 aromatic rings. The molecule has 0 aliphatic rings. The normalized spacial score (nSPS) is 10.6. The number of nitrogens with two attached hydrogens (primary N) is 1. The number of benzene rings is 1. The zero-order valence-electron chi connectivity index (χ0n) is 7.91. The summed E-state index contributed by atoms with van der Waals surface area (Å²) in [4.78, 5) is 0. The van der Waals surface area contributed by atoms with Crippen LogP contribution in [0.15, 0.2) is 10.5 Å². The van der Waals surface area contributed by atoms with E-state index in [1.807, 2.05) is 0 Å². The Morgan fingerprint density at radius 1 is 1.36 bits per heavy atom. The fourth-order valence-electron chi connectivity index (χ4n) is 1.29. The van der Waals surface area contributed by atoms with Crippen molar-refractivity contribution in [3.8, 4) is 0 Å². The van der Waals surface area contributed by atoms with E-state index >= 15 is 0 Å². The predicted molar refractivity (Wildman–Crippen MR) is 56.2 cm³/mol. The maximum atomic E-state index is 13.5. The third-order valence-electron chi connectivity index (χ3n) is 2.06. The molecule has 0 spiro atoms. The van der Waals surface area contributed by atoms with Crippen LogP contribution in [-0.2, 0) is 6.42 Å². The molecule has 1 nitrogen and oxygen atoms in total. The lowest BCUT2D eigenvalue weighted by atomic mass is 10.1. The van der Waals surface area contributed by atoms with Gasteiger partial charge in [-0.3, -0.25) is 0 Å². The van der Waals surface area contributed by atoms with Crippen LogP contribution < -0.4 is 5.73 Å². The van der Waals surface area contributed by atoms with Crippen LogP contribution in [0.3, 0.4) is 0 Å². The molecule has 0 atom stereocenters. The quantitative estimate of drug-likeness (QED) is 0.834. The van der Waals surface area contributed by atoms with Crippen LogP contribution >= 0.6 is 15.9 Å². The van der Waals surface area contributed by atoms with Crippen molar-refractivity contribution in [1.29, 1.82) is 0 Å². The van der Waals surface area contributed by atoms with E-state index in [2.05, 4.69) is 15.9 Å². The molecule has 0 unspecified atom stereocenters. The van der Waals surface area contributed by atoms with Crippen molar-refractivity contribution < 1.29 is 8.78 Å². The maximum Gasteiger partial charge on any atom is 0.143 e. The Morgan fingerprint density at radius 3 is 2.57 bits per heavy atom. The highest BCUT2D eigenvalue weighted by Crippen LogP contribution is 2.25. The smallest absolute Gasteiger partial charge is 0.143 e. The molecule has 2 N–H and O–H groups in total. The molecule has 4 heteroatoms. The number of rotatable bonds is 3. The largest absolute Gasteiger partial charge is 0.330 e. The Labute approximate surface area is 90.4 Å². The lowest BCUT2D eigenvalue weighted by molar-refractivity contribution is 0.541. The van der Waals surface area contributed by atoms with Crippen molar-refractivity contribution in [3.63, 3.8) is 0 Å². The van der Waals surface area contributed by atoms with Gasteiger partial charge in [0, 0.05) is 5.56 Å². The van der Waals surface area contributed by atoms with Crippen LogP contribution in [0.25, 0.3) is 0 Å². The molecule has 0 aliphatic heterocycles.